The Morgan fingerprint density at radius 3 is 2.36 bits per heavy atom. The number of carbonyl (C=O) groups is 3. The summed E-state index contributed by atoms with van der Waals surface area (Å²) in [4.78, 5) is 43.0. The smallest absolute Gasteiger partial charge is 0.253 e. The molecule has 11 heteroatoms. The van der Waals surface area contributed by atoms with E-state index >= 15 is 0 Å². The first-order valence-corrected chi connectivity index (χ1v) is 13.3. The Morgan fingerprint density at radius 1 is 1.08 bits per heavy atom. The summed E-state index contributed by atoms with van der Waals surface area (Å²) in [7, 11) is 3.26. The van der Waals surface area contributed by atoms with Crippen molar-refractivity contribution < 1.29 is 39.9 Å². The molecular weight excluding hydrogens is 506 g/mol. The van der Waals surface area contributed by atoms with E-state index in [0.717, 1.165) is 32.4 Å². The Kier molecular flexibility index (Phi) is 6.82. The number of benzene rings is 1. The number of likely N-dealkylation sites (N-methyl/N-ethyl adjacent to an activating group) is 1. The van der Waals surface area contributed by atoms with E-state index in [1.807, 2.05) is 0 Å². The maximum atomic E-state index is 13.8. The van der Waals surface area contributed by atoms with Crippen LogP contribution in [0.4, 0.5) is 0 Å². The summed E-state index contributed by atoms with van der Waals surface area (Å²) in [5.41, 5.74) is 5.09. The molecule has 1 amide bonds. The predicted molar refractivity (Wildman–Crippen MR) is 139 cm³/mol. The van der Waals surface area contributed by atoms with Gasteiger partial charge in [-0.05, 0) is 82.4 Å². The second kappa shape index (κ2) is 9.74. The minimum atomic E-state index is -3.04. The quantitative estimate of drug-likeness (QED) is 0.230. The average Bonchev–Trinajstić information content (AvgIpc) is 2.83. The van der Waals surface area contributed by atoms with Crippen molar-refractivity contribution in [2.24, 2.45) is 23.5 Å². The maximum absolute atomic E-state index is 13.8. The number of allylic oxidation sites excluding steroid dienone is 1. The number of rotatable bonds is 5. The van der Waals surface area contributed by atoms with Crippen molar-refractivity contribution in [2.75, 3.05) is 33.7 Å². The number of hydrogen-bond donors (Lipinski definition) is 6. The summed E-state index contributed by atoms with van der Waals surface area (Å²) in [6.45, 7) is 1.83. The van der Waals surface area contributed by atoms with Gasteiger partial charge in [0, 0.05) is 11.1 Å². The first kappa shape index (κ1) is 27.3. The Balaban J connectivity index is 1.60. The van der Waals surface area contributed by atoms with Crippen LogP contribution in [-0.2, 0) is 11.2 Å². The van der Waals surface area contributed by atoms with Gasteiger partial charge < -0.3 is 31.3 Å². The number of Topliss-reactive ketones (excluding diaryl/α,β-unsaturated/α-hetero) is 2. The van der Waals surface area contributed by atoms with Gasteiger partial charge in [-0.2, -0.15) is 0 Å². The van der Waals surface area contributed by atoms with Crippen molar-refractivity contribution in [3.05, 3.63) is 51.5 Å². The van der Waals surface area contributed by atoms with Gasteiger partial charge in [-0.15, -0.1) is 0 Å². The number of aliphatic hydroxyl groups excluding tert-OH is 2. The molecule has 0 bridgehead atoms. The molecule has 0 spiro atoms. The number of ketones is 2. The molecule has 1 aromatic carbocycles. The molecule has 3 aliphatic carbocycles. The van der Waals surface area contributed by atoms with Crippen LogP contribution < -0.4 is 5.73 Å². The highest BCUT2D eigenvalue weighted by Crippen LogP contribution is 2.54. The fraction of sp³-hybridized carbons (Fsp3) is 0.536. The van der Waals surface area contributed by atoms with Crippen LogP contribution in [0.25, 0.3) is 0 Å². The molecule has 4 atom stereocenters. The summed E-state index contributed by atoms with van der Waals surface area (Å²) in [5, 5.41) is 55.1. The van der Waals surface area contributed by atoms with Crippen molar-refractivity contribution in [2.45, 2.75) is 43.9 Å². The van der Waals surface area contributed by atoms with Gasteiger partial charge in [-0.25, -0.2) is 0 Å². The van der Waals surface area contributed by atoms with E-state index in [-0.39, 0.29) is 42.1 Å². The molecule has 0 saturated carbocycles. The highest BCUT2D eigenvalue weighted by molar-refractivity contribution is 6.15. The number of aromatic hydroxyl groups is 1. The minimum absolute atomic E-state index is 0.0919. The van der Waals surface area contributed by atoms with Gasteiger partial charge in [0.05, 0.1) is 24.1 Å². The molecule has 5 rings (SSSR count). The summed E-state index contributed by atoms with van der Waals surface area (Å²) in [6.07, 6.45) is 3.43. The molecule has 0 radical (unpaired) electrons. The molecule has 1 aliphatic heterocycles. The van der Waals surface area contributed by atoms with Gasteiger partial charge in [-0.3, -0.25) is 24.2 Å². The lowest BCUT2D eigenvalue weighted by atomic mass is 9.59. The first-order valence-electron chi connectivity index (χ1n) is 13.3. The summed E-state index contributed by atoms with van der Waals surface area (Å²) in [5.74, 6) is -9.72. The van der Waals surface area contributed by atoms with Crippen molar-refractivity contribution in [1.82, 2.24) is 9.80 Å². The van der Waals surface area contributed by atoms with Crippen molar-refractivity contribution in [3.8, 4) is 5.75 Å². The average molecular weight is 542 g/mol. The van der Waals surface area contributed by atoms with Gasteiger partial charge in [0.1, 0.15) is 22.8 Å². The number of piperidine rings is 1. The third kappa shape index (κ3) is 4.24. The number of fused-ring (bicyclic) bond motifs is 3. The SMILES string of the molecule is CN(C)[C@@H]1C(O)=C(C(N)=O)C(O)(O)C2C(O)=C3C(=O)c4c(O)ccc(C(=O)CN5CCCCC5)c4CC3CC21. The molecular formula is C28H35N3O8. The Bertz CT molecular complexity index is 1310. The molecule has 1 heterocycles. The minimum Gasteiger partial charge on any atom is -0.511 e. The zero-order valence-corrected chi connectivity index (χ0v) is 22.1. The van der Waals surface area contributed by atoms with E-state index in [2.05, 4.69) is 4.90 Å². The topological polar surface area (TPSA) is 185 Å². The molecule has 1 aromatic rings. The van der Waals surface area contributed by atoms with E-state index < -0.39 is 58.4 Å². The molecule has 1 fully saturated rings. The van der Waals surface area contributed by atoms with Gasteiger partial charge in [0.15, 0.2) is 11.6 Å². The zero-order chi connectivity index (χ0) is 28.4. The normalized spacial score (nSPS) is 28.7. The number of likely N-dealkylation sites (tertiary alicyclic amines) is 1. The van der Waals surface area contributed by atoms with Gasteiger partial charge in [-0.1, -0.05) is 6.42 Å². The Hall–Kier alpha value is -3.25. The molecule has 4 aliphatic rings. The maximum Gasteiger partial charge on any atom is 0.253 e. The molecule has 1 saturated heterocycles. The fourth-order valence-corrected chi connectivity index (χ4v) is 7.23. The molecule has 39 heavy (non-hydrogen) atoms. The van der Waals surface area contributed by atoms with Gasteiger partial charge >= 0.3 is 0 Å². The van der Waals surface area contributed by atoms with E-state index in [9.17, 15) is 39.9 Å². The van der Waals surface area contributed by atoms with Crippen molar-refractivity contribution in [1.29, 1.82) is 0 Å². The van der Waals surface area contributed by atoms with Crippen LogP contribution in [0.1, 0.15) is 52.0 Å². The van der Waals surface area contributed by atoms with Crippen LogP contribution in [0.2, 0.25) is 0 Å². The fourth-order valence-electron chi connectivity index (χ4n) is 7.23. The Labute approximate surface area is 225 Å². The number of nitrogens with zero attached hydrogens (tertiary/aromatic N) is 2. The second-order valence-corrected chi connectivity index (χ2v) is 11.4. The van der Waals surface area contributed by atoms with Crippen molar-refractivity contribution in [3.63, 3.8) is 0 Å². The Morgan fingerprint density at radius 2 is 1.74 bits per heavy atom. The van der Waals surface area contributed by atoms with Crippen LogP contribution in [0, 0.1) is 17.8 Å². The first-order chi connectivity index (χ1) is 18.4. The number of amides is 1. The van der Waals surface area contributed by atoms with E-state index in [1.165, 1.54) is 12.1 Å². The van der Waals surface area contributed by atoms with E-state index in [0.29, 0.717) is 11.1 Å². The molecule has 0 aromatic heterocycles. The van der Waals surface area contributed by atoms with Gasteiger partial charge in [0.2, 0.25) is 5.79 Å². The number of phenolic OH excluding ortho intramolecular Hbond substituents is 1. The van der Waals surface area contributed by atoms with E-state index in [4.69, 9.17) is 5.73 Å². The largest absolute Gasteiger partial charge is 0.511 e. The van der Waals surface area contributed by atoms with Crippen LogP contribution in [0.3, 0.4) is 0 Å². The number of aliphatic hydroxyl groups is 4. The summed E-state index contributed by atoms with van der Waals surface area (Å²) >= 11 is 0. The highest BCUT2D eigenvalue weighted by Gasteiger charge is 2.60. The highest BCUT2D eigenvalue weighted by atomic mass is 16.5. The van der Waals surface area contributed by atoms with Crippen LogP contribution in [-0.4, -0.2) is 98.4 Å². The molecule has 3 unspecified atom stereocenters. The summed E-state index contributed by atoms with van der Waals surface area (Å²) in [6, 6.07) is 1.91. The third-order valence-electron chi connectivity index (χ3n) is 8.84. The number of primary amides is 1. The molecule has 11 nitrogen and oxygen atoms in total. The number of nitrogens with two attached hydrogens (primary N) is 1. The standard InChI is InChI=1S/C28H35N3O8/c1-30(2)23-16-11-13-10-15-14(18(33)12-31-8-4-3-5-9-31)6-7-17(32)20(15)24(34)19(13)25(35)21(16)28(38,39)22(26(23)36)27(29)37/h6-7,13,16,21,23,32,35-36,38-39H,3-5,8-12H2,1-2H3,(H2,29,37)/t13?,16?,21?,23-/m0/s1. The third-order valence-corrected chi connectivity index (χ3v) is 8.84. The molecule has 7 N–H and O–H groups in total. The van der Waals surface area contributed by atoms with E-state index in [1.54, 1.807) is 19.0 Å². The summed E-state index contributed by atoms with van der Waals surface area (Å²) < 4.78 is 0. The lowest BCUT2D eigenvalue weighted by Crippen LogP contribution is -2.60. The lowest BCUT2D eigenvalue weighted by molar-refractivity contribution is -0.200. The second-order valence-electron chi connectivity index (χ2n) is 11.4. The van der Waals surface area contributed by atoms with Crippen molar-refractivity contribution >= 4 is 17.5 Å². The number of hydrogen-bond acceptors (Lipinski definition) is 10. The predicted octanol–water partition coefficient (Wildman–Crippen LogP) is 0.786. The van der Waals surface area contributed by atoms with Crippen LogP contribution in [0.5, 0.6) is 5.75 Å². The lowest BCUT2D eigenvalue weighted by Gasteiger charge is -2.51. The number of phenols is 1. The number of carbonyl (C=O) groups excluding carboxylic acids is 3. The van der Waals surface area contributed by atoms with Gasteiger partial charge in [0.25, 0.3) is 5.91 Å². The zero-order valence-electron chi connectivity index (χ0n) is 22.1. The monoisotopic (exact) mass is 541 g/mol. The molecule has 210 valence electrons. The van der Waals surface area contributed by atoms with Crippen LogP contribution in [0.15, 0.2) is 34.8 Å². The van der Waals surface area contributed by atoms with Crippen LogP contribution >= 0.6 is 0 Å².